The highest BCUT2D eigenvalue weighted by atomic mass is 19.1. The number of carbonyl (C=O) groups is 2. The number of phenols is 1. The van der Waals surface area contributed by atoms with Crippen molar-refractivity contribution in [2.75, 3.05) is 5.73 Å². The lowest BCUT2D eigenvalue weighted by molar-refractivity contribution is -0.130. The van der Waals surface area contributed by atoms with E-state index in [0.29, 0.717) is 0 Å². The molecule has 5 N–H and O–H groups in total. The molecule has 1 heterocycles. The number of hydrogen-bond donors (Lipinski definition) is 4. The molecule has 4 atom stereocenters. The molecule has 0 saturated carbocycles. The van der Waals surface area contributed by atoms with Crippen molar-refractivity contribution < 1.29 is 34.0 Å². The van der Waals surface area contributed by atoms with Crippen LogP contribution in [0.5, 0.6) is 5.75 Å². The lowest BCUT2D eigenvalue weighted by Crippen LogP contribution is -2.34. The van der Waals surface area contributed by atoms with Crippen LogP contribution in [0.1, 0.15) is 36.2 Å². The minimum absolute atomic E-state index is 0.132. The van der Waals surface area contributed by atoms with Gasteiger partial charge < -0.3 is 25.8 Å². The Morgan fingerprint density at radius 2 is 1.89 bits per heavy atom. The number of aromatic hydroxyl groups is 1. The summed E-state index contributed by atoms with van der Waals surface area (Å²) in [5.41, 5.74) is 6.00. The van der Waals surface area contributed by atoms with Crippen LogP contribution in [0.2, 0.25) is 0 Å². The largest absolute Gasteiger partial charge is 0.507 e. The molecule has 1 aromatic rings. The molecule has 0 spiro atoms. The summed E-state index contributed by atoms with van der Waals surface area (Å²) in [7, 11) is 0. The number of cyclic esters (lactones) is 1. The molecule has 0 aliphatic carbocycles. The molecule has 7 nitrogen and oxygen atoms in total. The minimum Gasteiger partial charge on any atom is -0.507 e. The van der Waals surface area contributed by atoms with Crippen LogP contribution in [-0.2, 0) is 9.53 Å². The molecule has 27 heavy (non-hydrogen) atoms. The molecule has 0 amide bonds. The lowest BCUT2D eigenvalue weighted by Gasteiger charge is -2.20. The fourth-order valence-electron chi connectivity index (χ4n) is 2.59. The molecule has 1 aliphatic heterocycles. The first-order chi connectivity index (χ1) is 12.6. The zero-order valence-corrected chi connectivity index (χ0v) is 14.9. The minimum atomic E-state index is -1.94. The van der Waals surface area contributed by atoms with Gasteiger partial charge in [0.15, 0.2) is 5.83 Å². The lowest BCUT2D eigenvalue weighted by atomic mass is 9.99. The van der Waals surface area contributed by atoms with Crippen LogP contribution in [0.25, 0.3) is 6.08 Å². The zero-order chi connectivity index (χ0) is 20.3. The second kappa shape index (κ2) is 8.32. The molecule has 1 aliphatic rings. The van der Waals surface area contributed by atoms with E-state index in [1.807, 2.05) is 0 Å². The van der Waals surface area contributed by atoms with Gasteiger partial charge in [0.05, 0.1) is 6.10 Å². The first-order valence-corrected chi connectivity index (χ1v) is 8.39. The zero-order valence-electron chi connectivity index (χ0n) is 14.9. The van der Waals surface area contributed by atoms with Crippen LogP contribution in [0.15, 0.2) is 30.1 Å². The topological polar surface area (TPSA) is 130 Å². The van der Waals surface area contributed by atoms with E-state index in [1.165, 1.54) is 38.1 Å². The van der Waals surface area contributed by atoms with Gasteiger partial charge in [-0.3, -0.25) is 4.79 Å². The van der Waals surface area contributed by atoms with Gasteiger partial charge in [-0.05, 0) is 31.1 Å². The first kappa shape index (κ1) is 20.6. The molecular formula is C19H22FNO6. The number of anilines is 1. The standard InChI is InChI=1S/C19H22FNO6/c1-9-6-13(20)17(24)18(25)14(22)5-3-4-11-7-12(21)8-15(23)16(11)19(26)27-10(9)2/h3-4,6-10,14,18,22-23,25H,5,21H2,1-2H3/b4-3+,13-6+/t9-,10?,14?,18?/m1/s1. The summed E-state index contributed by atoms with van der Waals surface area (Å²) in [5.74, 6) is -4.41. The predicted molar refractivity (Wildman–Crippen MR) is 96.4 cm³/mol. The van der Waals surface area contributed by atoms with E-state index in [2.05, 4.69) is 0 Å². The average Bonchev–Trinajstić information content (AvgIpc) is 2.58. The summed E-state index contributed by atoms with van der Waals surface area (Å²) in [5, 5.41) is 29.9. The Morgan fingerprint density at radius 1 is 1.22 bits per heavy atom. The van der Waals surface area contributed by atoms with Gasteiger partial charge in [-0.1, -0.05) is 19.1 Å². The van der Waals surface area contributed by atoms with Crippen molar-refractivity contribution in [3.8, 4) is 5.75 Å². The molecule has 1 aromatic carbocycles. The van der Waals surface area contributed by atoms with Crippen molar-refractivity contribution in [1.29, 1.82) is 0 Å². The van der Waals surface area contributed by atoms with E-state index in [9.17, 15) is 29.3 Å². The molecule has 0 fully saturated rings. The van der Waals surface area contributed by atoms with Crippen LogP contribution in [0.3, 0.4) is 0 Å². The number of benzene rings is 1. The second-order valence-corrected chi connectivity index (χ2v) is 6.50. The monoisotopic (exact) mass is 379 g/mol. The fourth-order valence-corrected chi connectivity index (χ4v) is 2.59. The summed E-state index contributed by atoms with van der Waals surface area (Å²) in [6, 6.07) is 2.63. The van der Waals surface area contributed by atoms with Crippen molar-refractivity contribution in [3.63, 3.8) is 0 Å². The highest BCUT2D eigenvalue weighted by molar-refractivity contribution is 5.98. The van der Waals surface area contributed by atoms with Crippen LogP contribution in [0, 0.1) is 5.92 Å². The number of nitrogens with two attached hydrogens (primary N) is 1. The number of nitrogen functional groups attached to an aromatic ring is 1. The van der Waals surface area contributed by atoms with Crippen molar-refractivity contribution in [2.24, 2.45) is 5.92 Å². The van der Waals surface area contributed by atoms with Crippen molar-refractivity contribution in [3.05, 3.63) is 41.2 Å². The Hall–Kier alpha value is -2.71. The Kier molecular flexibility index (Phi) is 6.35. The Morgan fingerprint density at radius 3 is 2.56 bits per heavy atom. The van der Waals surface area contributed by atoms with E-state index in [0.717, 1.165) is 6.08 Å². The number of esters is 1. The SMILES string of the molecule is CC1OC(=O)c2c(O)cc(N)cc2/C=C/CC(O)C(O)C(=O)/C(F)=C\[C@H]1C. The van der Waals surface area contributed by atoms with Crippen LogP contribution in [0.4, 0.5) is 10.1 Å². The van der Waals surface area contributed by atoms with E-state index < -0.39 is 41.8 Å². The van der Waals surface area contributed by atoms with Gasteiger partial charge in [0.1, 0.15) is 23.5 Å². The van der Waals surface area contributed by atoms with Gasteiger partial charge in [-0.25, -0.2) is 9.18 Å². The summed E-state index contributed by atoms with van der Waals surface area (Å²) < 4.78 is 19.3. The van der Waals surface area contributed by atoms with Crippen LogP contribution < -0.4 is 5.73 Å². The van der Waals surface area contributed by atoms with E-state index in [-0.39, 0.29) is 29.0 Å². The molecule has 3 unspecified atom stereocenters. The maximum atomic E-state index is 14.1. The van der Waals surface area contributed by atoms with E-state index in [4.69, 9.17) is 10.5 Å². The maximum absolute atomic E-state index is 14.1. The number of phenolic OH excluding ortho intramolecular Hbond substituents is 1. The number of hydrogen-bond acceptors (Lipinski definition) is 7. The Labute approximate surface area is 155 Å². The van der Waals surface area contributed by atoms with E-state index in [1.54, 1.807) is 0 Å². The van der Waals surface area contributed by atoms with Crippen LogP contribution >= 0.6 is 0 Å². The van der Waals surface area contributed by atoms with Gasteiger partial charge in [0, 0.05) is 17.7 Å². The number of fused-ring (bicyclic) bond motifs is 1. The highest BCUT2D eigenvalue weighted by Gasteiger charge is 2.29. The molecule has 0 aromatic heterocycles. The average molecular weight is 379 g/mol. The normalized spacial score (nSPS) is 30.5. The molecule has 0 bridgehead atoms. The predicted octanol–water partition coefficient (Wildman–Crippen LogP) is 1.72. The number of ether oxygens (including phenoxy) is 1. The molecule has 0 saturated heterocycles. The molecule has 8 heteroatoms. The van der Waals surface area contributed by atoms with Gasteiger partial charge in [0.2, 0.25) is 5.78 Å². The number of rotatable bonds is 0. The summed E-state index contributed by atoms with van der Waals surface area (Å²) in [4.78, 5) is 24.4. The third-order valence-corrected chi connectivity index (χ3v) is 4.36. The third kappa shape index (κ3) is 4.72. The maximum Gasteiger partial charge on any atom is 0.342 e. The Bertz CT molecular complexity index is 804. The molecule has 0 radical (unpaired) electrons. The number of aliphatic hydroxyl groups excluding tert-OH is 2. The second-order valence-electron chi connectivity index (χ2n) is 6.50. The summed E-state index contributed by atoms with van der Waals surface area (Å²) >= 11 is 0. The van der Waals surface area contributed by atoms with Crippen molar-refractivity contribution in [2.45, 2.75) is 38.6 Å². The summed E-state index contributed by atoms with van der Waals surface area (Å²) in [6.45, 7) is 3.01. The fraction of sp³-hybridized carbons (Fsp3) is 0.368. The van der Waals surface area contributed by atoms with Gasteiger partial charge >= 0.3 is 5.97 Å². The smallest absolute Gasteiger partial charge is 0.342 e. The molecular weight excluding hydrogens is 357 g/mol. The number of ketones is 1. The van der Waals surface area contributed by atoms with E-state index >= 15 is 0 Å². The number of aliphatic hydroxyl groups is 2. The summed E-state index contributed by atoms with van der Waals surface area (Å²) in [6.07, 6.45) is -0.848. The Balaban J connectivity index is 2.52. The van der Waals surface area contributed by atoms with Gasteiger partial charge in [-0.15, -0.1) is 0 Å². The van der Waals surface area contributed by atoms with Crippen LogP contribution in [-0.4, -0.2) is 45.4 Å². The first-order valence-electron chi connectivity index (χ1n) is 8.39. The molecule has 146 valence electrons. The van der Waals surface area contributed by atoms with Crippen molar-refractivity contribution in [1.82, 2.24) is 0 Å². The van der Waals surface area contributed by atoms with Crippen molar-refractivity contribution >= 4 is 23.5 Å². The quantitative estimate of drug-likeness (QED) is 0.399. The number of halogens is 1. The van der Waals surface area contributed by atoms with Gasteiger partial charge in [-0.2, -0.15) is 0 Å². The number of Topliss-reactive ketones (excluding diaryl/α,β-unsaturated/α-hetero) is 1. The highest BCUT2D eigenvalue weighted by Crippen LogP contribution is 2.28. The molecule has 2 rings (SSSR count). The van der Waals surface area contributed by atoms with Gasteiger partial charge in [0.25, 0.3) is 0 Å². The third-order valence-electron chi connectivity index (χ3n) is 4.36. The number of carbonyl (C=O) groups excluding carboxylic acids is 2.